The minimum absolute atomic E-state index is 0.0876. The molecule has 0 unspecified atom stereocenters. The Hall–Kier alpha value is -0.890. The summed E-state index contributed by atoms with van der Waals surface area (Å²) < 4.78 is 13.0. The molecule has 1 heterocycles. The van der Waals surface area contributed by atoms with Crippen molar-refractivity contribution >= 4 is 0 Å². The van der Waals surface area contributed by atoms with Crippen LogP contribution in [0, 0.1) is 5.82 Å². The zero-order chi connectivity index (χ0) is 9.47. The van der Waals surface area contributed by atoms with Crippen molar-refractivity contribution in [2.24, 2.45) is 0 Å². The van der Waals surface area contributed by atoms with Crippen molar-refractivity contribution < 1.29 is 4.39 Å². The molecule has 0 spiro atoms. The lowest BCUT2D eigenvalue weighted by Crippen LogP contribution is -2.42. The Bertz CT molecular complexity index is 331. The Labute approximate surface area is 78.0 Å². The second-order valence-electron chi connectivity index (χ2n) is 4.10. The van der Waals surface area contributed by atoms with Crippen LogP contribution in [0.2, 0.25) is 0 Å². The SMILES string of the molecule is CC1(C)NCCc2ccc(F)cc21. The molecule has 70 valence electrons. The number of fused-ring (bicyclic) bond motifs is 1. The van der Waals surface area contributed by atoms with Crippen molar-refractivity contribution in [2.45, 2.75) is 25.8 Å². The number of hydrogen-bond acceptors (Lipinski definition) is 1. The highest BCUT2D eigenvalue weighted by molar-refractivity contribution is 5.35. The van der Waals surface area contributed by atoms with E-state index >= 15 is 0 Å². The first-order chi connectivity index (χ1) is 6.09. The number of nitrogens with one attached hydrogen (secondary N) is 1. The number of rotatable bonds is 0. The fraction of sp³-hybridized carbons (Fsp3) is 0.455. The zero-order valence-electron chi connectivity index (χ0n) is 8.02. The number of benzene rings is 1. The predicted octanol–water partition coefficient (Wildman–Crippen LogP) is 2.21. The third-order valence-electron chi connectivity index (χ3n) is 2.71. The van der Waals surface area contributed by atoms with Gasteiger partial charge in [0.15, 0.2) is 0 Å². The number of halogens is 1. The van der Waals surface area contributed by atoms with E-state index in [1.165, 1.54) is 5.56 Å². The highest BCUT2D eigenvalue weighted by atomic mass is 19.1. The average Bonchev–Trinajstić information content (AvgIpc) is 2.06. The molecule has 1 nitrogen and oxygen atoms in total. The molecular weight excluding hydrogens is 165 g/mol. The average molecular weight is 179 g/mol. The van der Waals surface area contributed by atoms with E-state index in [-0.39, 0.29) is 11.4 Å². The van der Waals surface area contributed by atoms with Gasteiger partial charge < -0.3 is 5.32 Å². The molecule has 2 heteroatoms. The molecule has 0 amide bonds. The Morgan fingerprint density at radius 3 is 2.92 bits per heavy atom. The Kier molecular flexibility index (Phi) is 1.88. The van der Waals surface area contributed by atoms with Gasteiger partial charge in [0.25, 0.3) is 0 Å². The molecule has 0 atom stereocenters. The fourth-order valence-corrected chi connectivity index (χ4v) is 1.95. The van der Waals surface area contributed by atoms with Crippen LogP contribution in [-0.2, 0) is 12.0 Å². The fourth-order valence-electron chi connectivity index (χ4n) is 1.95. The summed E-state index contributed by atoms with van der Waals surface area (Å²) in [7, 11) is 0. The second-order valence-corrected chi connectivity index (χ2v) is 4.10. The minimum Gasteiger partial charge on any atom is -0.307 e. The van der Waals surface area contributed by atoms with Crippen LogP contribution in [0.1, 0.15) is 25.0 Å². The first kappa shape index (κ1) is 8.70. The van der Waals surface area contributed by atoms with Gasteiger partial charge in [0.2, 0.25) is 0 Å². The van der Waals surface area contributed by atoms with Gasteiger partial charge in [-0.1, -0.05) is 6.07 Å². The maximum atomic E-state index is 13.0. The highest BCUT2D eigenvalue weighted by Gasteiger charge is 2.26. The molecule has 0 radical (unpaired) electrons. The monoisotopic (exact) mass is 179 g/mol. The van der Waals surface area contributed by atoms with Crippen molar-refractivity contribution in [2.75, 3.05) is 6.54 Å². The molecule has 13 heavy (non-hydrogen) atoms. The van der Waals surface area contributed by atoms with Gasteiger partial charge in [-0.2, -0.15) is 0 Å². The lowest BCUT2D eigenvalue weighted by molar-refractivity contribution is 0.379. The standard InChI is InChI=1S/C11H14FN/c1-11(2)10-7-9(12)4-3-8(10)5-6-13-11/h3-4,7,13H,5-6H2,1-2H3. The molecule has 1 aromatic carbocycles. The second kappa shape index (κ2) is 2.81. The lowest BCUT2D eigenvalue weighted by atomic mass is 9.85. The van der Waals surface area contributed by atoms with Gasteiger partial charge in [0.05, 0.1) is 0 Å². The summed E-state index contributed by atoms with van der Waals surface area (Å²) in [5, 5.41) is 3.38. The van der Waals surface area contributed by atoms with Crippen molar-refractivity contribution in [3.05, 3.63) is 35.1 Å². The summed E-state index contributed by atoms with van der Waals surface area (Å²) in [5.74, 6) is -0.143. The maximum Gasteiger partial charge on any atom is 0.123 e. The quantitative estimate of drug-likeness (QED) is 0.644. The Balaban J connectivity index is 2.55. The molecule has 1 aromatic rings. The largest absolute Gasteiger partial charge is 0.307 e. The van der Waals surface area contributed by atoms with E-state index in [1.54, 1.807) is 12.1 Å². The third kappa shape index (κ3) is 1.46. The molecule has 0 bridgehead atoms. The van der Waals surface area contributed by atoms with Crippen molar-refractivity contribution in [1.82, 2.24) is 5.32 Å². The van der Waals surface area contributed by atoms with E-state index in [0.717, 1.165) is 18.5 Å². The van der Waals surface area contributed by atoms with Gasteiger partial charge in [-0.25, -0.2) is 4.39 Å². The van der Waals surface area contributed by atoms with Gasteiger partial charge in [0, 0.05) is 5.54 Å². The number of hydrogen-bond donors (Lipinski definition) is 1. The van der Waals surface area contributed by atoms with Crippen LogP contribution in [0.5, 0.6) is 0 Å². The molecule has 1 aliphatic heterocycles. The first-order valence-electron chi connectivity index (χ1n) is 4.63. The van der Waals surface area contributed by atoms with Gasteiger partial charge >= 0.3 is 0 Å². The summed E-state index contributed by atoms with van der Waals surface area (Å²) in [6.07, 6.45) is 0.999. The first-order valence-corrected chi connectivity index (χ1v) is 4.63. The van der Waals surface area contributed by atoms with E-state index in [0.29, 0.717) is 0 Å². The molecule has 0 aromatic heterocycles. The predicted molar refractivity (Wildman–Crippen MR) is 51.1 cm³/mol. The normalized spacial score (nSPS) is 19.6. The summed E-state index contributed by atoms with van der Waals surface area (Å²) >= 11 is 0. The molecule has 1 N–H and O–H groups in total. The molecule has 0 saturated heterocycles. The highest BCUT2D eigenvalue weighted by Crippen LogP contribution is 2.28. The zero-order valence-corrected chi connectivity index (χ0v) is 8.02. The van der Waals surface area contributed by atoms with Gasteiger partial charge in [-0.05, 0) is 50.1 Å². The van der Waals surface area contributed by atoms with Crippen LogP contribution in [-0.4, -0.2) is 6.54 Å². The van der Waals surface area contributed by atoms with Crippen LogP contribution in [0.15, 0.2) is 18.2 Å². The van der Waals surface area contributed by atoms with E-state index in [1.807, 2.05) is 6.07 Å². The maximum absolute atomic E-state index is 13.0. The Morgan fingerprint density at radius 2 is 2.15 bits per heavy atom. The molecule has 0 aliphatic carbocycles. The van der Waals surface area contributed by atoms with E-state index in [9.17, 15) is 4.39 Å². The Morgan fingerprint density at radius 1 is 1.38 bits per heavy atom. The third-order valence-corrected chi connectivity index (χ3v) is 2.71. The van der Waals surface area contributed by atoms with Crippen LogP contribution in [0.4, 0.5) is 4.39 Å². The smallest absolute Gasteiger partial charge is 0.123 e. The van der Waals surface area contributed by atoms with E-state index in [2.05, 4.69) is 19.2 Å². The van der Waals surface area contributed by atoms with Crippen molar-refractivity contribution in [3.8, 4) is 0 Å². The summed E-state index contributed by atoms with van der Waals surface area (Å²) in [4.78, 5) is 0. The van der Waals surface area contributed by atoms with Gasteiger partial charge in [-0.15, -0.1) is 0 Å². The van der Waals surface area contributed by atoms with Crippen LogP contribution < -0.4 is 5.32 Å². The molecule has 1 aliphatic rings. The van der Waals surface area contributed by atoms with Gasteiger partial charge in [0.1, 0.15) is 5.82 Å². The van der Waals surface area contributed by atoms with E-state index in [4.69, 9.17) is 0 Å². The van der Waals surface area contributed by atoms with Crippen molar-refractivity contribution in [1.29, 1.82) is 0 Å². The molecule has 0 saturated carbocycles. The van der Waals surface area contributed by atoms with Crippen LogP contribution in [0.3, 0.4) is 0 Å². The van der Waals surface area contributed by atoms with Crippen LogP contribution in [0.25, 0.3) is 0 Å². The molecule has 0 fully saturated rings. The topological polar surface area (TPSA) is 12.0 Å². The molecule has 2 rings (SSSR count). The van der Waals surface area contributed by atoms with Crippen molar-refractivity contribution in [3.63, 3.8) is 0 Å². The molecular formula is C11H14FN. The van der Waals surface area contributed by atoms with Gasteiger partial charge in [-0.3, -0.25) is 0 Å². The lowest BCUT2D eigenvalue weighted by Gasteiger charge is -2.33. The van der Waals surface area contributed by atoms with E-state index < -0.39 is 0 Å². The summed E-state index contributed by atoms with van der Waals surface area (Å²) in [6.45, 7) is 5.15. The summed E-state index contributed by atoms with van der Waals surface area (Å²) in [6, 6.07) is 5.08. The minimum atomic E-state index is -0.143. The summed E-state index contributed by atoms with van der Waals surface area (Å²) in [5.41, 5.74) is 2.28. The van der Waals surface area contributed by atoms with Crippen LogP contribution >= 0.6 is 0 Å².